The van der Waals surface area contributed by atoms with Crippen LogP contribution in [-0.4, -0.2) is 4.98 Å². The molecule has 88 valence electrons. The molecule has 0 aliphatic heterocycles. The van der Waals surface area contributed by atoms with E-state index in [0.29, 0.717) is 10.8 Å². The van der Waals surface area contributed by atoms with Crippen LogP contribution in [0.3, 0.4) is 0 Å². The van der Waals surface area contributed by atoms with E-state index in [1.807, 2.05) is 24.3 Å². The lowest BCUT2D eigenvalue weighted by molar-refractivity contribution is 1.27. The van der Waals surface area contributed by atoms with Crippen LogP contribution in [0.5, 0.6) is 0 Å². The summed E-state index contributed by atoms with van der Waals surface area (Å²) in [4.78, 5) is 4.27. The Kier molecular flexibility index (Phi) is 4.47. The minimum absolute atomic E-state index is 0.643. The first-order chi connectivity index (χ1) is 8.06. The highest BCUT2D eigenvalue weighted by molar-refractivity contribution is 9.11. The monoisotopic (exact) mass is 438 g/mol. The lowest BCUT2D eigenvalue weighted by Crippen LogP contribution is -1.95. The fourth-order valence-electron chi connectivity index (χ4n) is 1.23. The fraction of sp³-hybridized carbons (Fsp3) is 0. The quantitative estimate of drug-likeness (QED) is 0.641. The molecule has 0 unspecified atom stereocenters. The molecule has 0 saturated heterocycles. The molecule has 2 nitrogen and oxygen atoms in total. The van der Waals surface area contributed by atoms with E-state index in [1.165, 1.54) is 0 Å². The van der Waals surface area contributed by atoms with Crippen LogP contribution in [0.15, 0.2) is 43.9 Å². The molecular weight excluding hydrogens is 435 g/mol. The number of anilines is 2. The van der Waals surface area contributed by atoms with Crippen LogP contribution in [0.1, 0.15) is 0 Å². The summed E-state index contributed by atoms with van der Waals surface area (Å²) in [6, 6.07) is 7.53. The summed E-state index contributed by atoms with van der Waals surface area (Å²) >= 11 is 16.3. The van der Waals surface area contributed by atoms with Gasteiger partial charge in [0.2, 0.25) is 0 Å². The molecule has 2 rings (SSSR count). The molecule has 0 aliphatic carbocycles. The average molecular weight is 441 g/mol. The third kappa shape index (κ3) is 3.44. The minimum atomic E-state index is 0.643. The summed E-state index contributed by atoms with van der Waals surface area (Å²) in [5.41, 5.74) is 0.802. The van der Waals surface area contributed by atoms with Gasteiger partial charge in [0.05, 0.1) is 15.2 Å². The van der Waals surface area contributed by atoms with E-state index < -0.39 is 0 Å². The van der Waals surface area contributed by atoms with Crippen LogP contribution in [0.25, 0.3) is 0 Å². The third-order valence-corrected chi connectivity index (χ3v) is 3.85. The van der Waals surface area contributed by atoms with Gasteiger partial charge in [-0.3, -0.25) is 0 Å². The summed E-state index contributed by atoms with van der Waals surface area (Å²) < 4.78 is 2.73. The molecule has 0 aliphatic rings. The van der Waals surface area contributed by atoms with Gasteiger partial charge < -0.3 is 5.32 Å². The molecule has 6 heteroatoms. The molecule has 1 heterocycles. The average Bonchev–Trinajstić information content (AvgIpc) is 2.27. The predicted molar refractivity (Wildman–Crippen MR) is 82.1 cm³/mol. The maximum absolute atomic E-state index is 6.09. The van der Waals surface area contributed by atoms with Gasteiger partial charge in [0.15, 0.2) is 0 Å². The first kappa shape index (κ1) is 13.3. The van der Waals surface area contributed by atoms with Gasteiger partial charge in [-0.25, -0.2) is 4.98 Å². The van der Waals surface area contributed by atoms with E-state index in [4.69, 9.17) is 11.6 Å². The van der Waals surface area contributed by atoms with E-state index in [0.717, 1.165) is 19.1 Å². The van der Waals surface area contributed by atoms with E-state index in [1.54, 1.807) is 6.20 Å². The Morgan fingerprint density at radius 1 is 1.06 bits per heavy atom. The van der Waals surface area contributed by atoms with Gasteiger partial charge in [-0.15, -0.1) is 0 Å². The molecule has 0 fully saturated rings. The molecule has 17 heavy (non-hydrogen) atoms. The molecule has 0 atom stereocenters. The Hall–Kier alpha value is -0.100. The summed E-state index contributed by atoms with van der Waals surface area (Å²) in [6.07, 6.45) is 1.72. The zero-order valence-corrected chi connectivity index (χ0v) is 13.9. The molecule has 0 amide bonds. The zero-order chi connectivity index (χ0) is 12.4. The second kappa shape index (κ2) is 5.69. The standard InChI is InChI=1S/C11H6Br3ClN2/c12-6-1-2-9(15)10(4-6)17-11-8(14)3-7(13)5-16-11/h1-5H,(H,16,17). The lowest BCUT2D eigenvalue weighted by atomic mass is 10.3. The van der Waals surface area contributed by atoms with Gasteiger partial charge in [0.25, 0.3) is 0 Å². The van der Waals surface area contributed by atoms with Crippen molar-refractivity contribution in [3.05, 3.63) is 48.9 Å². The first-order valence-electron chi connectivity index (χ1n) is 4.59. The Morgan fingerprint density at radius 3 is 2.53 bits per heavy atom. The highest BCUT2D eigenvalue weighted by Crippen LogP contribution is 2.31. The van der Waals surface area contributed by atoms with E-state index >= 15 is 0 Å². The van der Waals surface area contributed by atoms with Crippen molar-refractivity contribution in [1.29, 1.82) is 0 Å². The molecule has 1 aromatic heterocycles. The van der Waals surface area contributed by atoms with Gasteiger partial charge >= 0.3 is 0 Å². The van der Waals surface area contributed by atoms with Crippen molar-refractivity contribution < 1.29 is 0 Å². The maximum Gasteiger partial charge on any atom is 0.144 e. The highest BCUT2D eigenvalue weighted by atomic mass is 79.9. The van der Waals surface area contributed by atoms with Crippen molar-refractivity contribution in [2.75, 3.05) is 5.32 Å². The second-order valence-electron chi connectivity index (χ2n) is 3.23. The van der Waals surface area contributed by atoms with E-state index in [-0.39, 0.29) is 0 Å². The van der Waals surface area contributed by atoms with Crippen LogP contribution in [0, 0.1) is 0 Å². The summed E-state index contributed by atoms with van der Waals surface area (Å²) in [6.45, 7) is 0. The molecule has 0 spiro atoms. The van der Waals surface area contributed by atoms with Gasteiger partial charge in [0, 0.05) is 15.1 Å². The summed E-state index contributed by atoms with van der Waals surface area (Å²) in [5, 5.41) is 3.81. The number of rotatable bonds is 2. The molecule has 1 aromatic carbocycles. The number of nitrogens with zero attached hydrogens (tertiary/aromatic N) is 1. The summed E-state index contributed by atoms with van der Waals surface area (Å²) in [7, 11) is 0. The van der Waals surface area contributed by atoms with Crippen molar-refractivity contribution >= 4 is 70.9 Å². The van der Waals surface area contributed by atoms with Gasteiger partial charge in [-0.1, -0.05) is 27.5 Å². The number of nitrogens with one attached hydrogen (secondary N) is 1. The number of benzene rings is 1. The molecule has 2 aromatic rings. The highest BCUT2D eigenvalue weighted by Gasteiger charge is 2.06. The third-order valence-electron chi connectivity index (χ3n) is 1.99. The molecule has 0 bridgehead atoms. The Morgan fingerprint density at radius 2 is 1.82 bits per heavy atom. The van der Waals surface area contributed by atoms with E-state index in [9.17, 15) is 0 Å². The maximum atomic E-state index is 6.09. The van der Waals surface area contributed by atoms with Crippen LogP contribution >= 0.6 is 59.4 Å². The van der Waals surface area contributed by atoms with Crippen LogP contribution < -0.4 is 5.32 Å². The molecular formula is C11H6Br3ClN2. The van der Waals surface area contributed by atoms with Crippen molar-refractivity contribution in [3.63, 3.8) is 0 Å². The number of halogens is 4. The topological polar surface area (TPSA) is 24.9 Å². The Labute approximate surface area is 129 Å². The van der Waals surface area contributed by atoms with Gasteiger partial charge in [-0.2, -0.15) is 0 Å². The van der Waals surface area contributed by atoms with Gasteiger partial charge in [-0.05, 0) is 56.1 Å². The minimum Gasteiger partial charge on any atom is -0.338 e. The normalized spacial score (nSPS) is 10.4. The Bertz CT molecular complexity index is 560. The van der Waals surface area contributed by atoms with Crippen molar-refractivity contribution in [2.45, 2.75) is 0 Å². The number of hydrogen-bond acceptors (Lipinski definition) is 2. The van der Waals surface area contributed by atoms with Crippen LogP contribution in [0.2, 0.25) is 5.02 Å². The number of aromatic nitrogens is 1. The smallest absolute Gasteiger partial charge is 0.144 e. The number of hydrogen-bond donors (Lipinski definition) is 1. The van der Waals surface area contributed by atoms with Crippen LogP contribution in [0.4, 0.5) is 11.5 Å². The molecule has 0 radical (unpaired) electrons. The fourth-order valence-corrected chi connectivity index (χ4v) is 2.84. The SMILES string of the molecule is Clc1ccc(Br)cc1Nc1ncc(Br)cc1Br. The second-order valence-corrected chi connectivity index (χ2v) is 6.33. The largest absolute Gasteiger partial charge is 0.338 e. The zero-order valence-electron chi connectivity index (χ0n) is 8.35. The van der Waals surface area contributed by atoms with Crippen molar-refractivity contribution in [2.24, 2.45) is 0 Å². The van der Waals surface area contributed by atoms with Crippen LogP contribution in [-0.2, 0) is 0 Å². The first-order valence-corrected chi connectivity index (χ1v) is 7.35. The lowest BCUT2D eigenvalue weighted by Gasteiger charge is -2.09. The molecule has 0 saturated carbocycles. The van der Waals surface area contributed by atoms with Crippen molar-refractivity contribution in [1.82, 2.24) is 4.98 Å². The predicted octanol–water partition coefficient (Wildman–Crippen LogP) is 5.77. The Balaban J connectivity index is 2.34. The van der Waals surface area contributed by atoms with E-state index in [2.05, 4.69) is 58.1 Å². The van der Waals surface area contributed by atoms with Crippen molar-refractivity contribution in [3.8, 4) is 0 Å². The molecule has 1 N–H and O–H groups in total. The summed E-state index contributed by atoms with van der Waals surface area (Å²) in [5.74, 6) is 0.716. The van der Waals surface area contributed by atoms with Gasteiger partial charge in [0.1, 0.15) is 5.82 Å². The number of pyridine rings is 1.